The first kappa shape index (κ1) is 32.6. The second-order valence-corrected chi connectivity index (χ2v) is 11.8. The van der Waals surface area contributed by atoms with Gasteiger partial charge in [0.1, 0.15) is 23.9 Å². The zero-order valence-electron chi connectivity index (χ0n) is 23.8. The molecule has 0 aromatic carbocycles. The molecule has 3 rings (SSSR count). The first-order valence-corrected chi connectivity index (χ1v) is 14.3. The molecule has 0 spiro atoms. The van der Waals surface area contributed by atoms with Crippen molar-refractivity contribution in [1.82, 2.24) is 24.6 Å². The number of anilines is 1. The lowest BCUT2D eigenvalue weighted by Gasteiger charge is -2.27. The number of nitrogens with one attached hydrogen (secondary N) is 1. The molecular formula is C23H37N6O11P. The molecule has 3 heterocycles. The third kappa shape index (κ3) is 7.68. The van der Waals surface area contributed by atoms with Crippen LogP contribution in [-0.2, 0) is 37.4 Å². The zero-order chi connectivity index (χ0) is 30.7. The number of carbonyl (C=O) groups is 2. The van der Waals surface area contributed by atoms with Crippen LogP contribution >= 0.6 is 7.75 Å². The van der Waals surface area contributed by atoms with Gasteiger partial charge in [-0.25, -0.2) is 19.4 Å². The van der Waals surface area contributed by atoms with Gasteiger partial charge in [0.2, 0.25) is 11.8 Å². The molecule has 18 heteroatoms. The largest absolute Gasteiger partial charge is 0.479 e. The highest BCUT2D eigenvalue weighted by atomic mass is 31.2. The van der Waals surface area contributed by atoms with E-state index in [-0.39, 0.29) is 23.0 Å². The van der Waals surface area contributed by atoms with E-state index in [4.69, 9.17) is 33.7 Å². The van der Waals surface area contributed by atoms with Crippen LogP contribution in [0.4, 0.5) is 5.95 Å². The van der Waals surface area contributed by atoms with Crippen LogP contribution in [0.3, 0.4) is 0 Å². The summed E-state index contributed by atoms with van der Waals surface area (Å²) in [5.74, 6) is -1.61. The van der Waals surface area contributed by atoms with E-state index in [1.807, 2.05) is 0 Å². The monoisotopic (exact) mass is 604 g/mol. The Morgan fingerprint density at radius 2 is 1.85 bits per heavy atom. The van der Waals surface area contributed by atoms with E-state index in [1.165, 1.54) is 31.9 Å². The molecule has 1 aliphatic rings. The number of hydrogen-bond acceptors (Lipinski definition) is 15. The second kappa shape index (κ2) is 12.9. The first-order valence-electron chi connectivity index (χ1n) is 12.7. The first-order chi connectivity index (χ1) is 19.1. The zero-order valence-corrected chi connectivity index (χ0v) is 24.7. The predicted molar refractivity (Wildman–Crippen MR) is 141 cm³/mol. The maximum absolute atomic E-state index is 13.6. The summed E-state index contributed by atoms with van der Waals surface area (Å²) in [7, 11) is -3.05. The van der Waals surface area contributed by atoms with E-state index in [0.717, 1.165) is 0 Å². The van der Waals surface area contributed by atoms with E-state index in [0.29, 0.717) is 0 Å². The van der Waals surface area contributed by atoms with Crippen molar-refractivity contribution in [3.8, 4) is 5.88 Å². The smallest absolute Gasteiger partial charge is 0.406 e. The number of methoxy groups -OCH3 is 1. The Hall–Kier alpha value is -2.92. The second-order valence-electron chi connectivity index (χ2n) is 10.1. The van der Waals surface area contributed by atoms with E-state index in [1.54, 1.807) is 27.7 Å². The summed E-state index contributed by atoms with van der Waals surface area (Å²) in [6.45, 7) is 7.83. The summed E-state index contributed by atoms with van der Waals surface area (Å²) >= 11 is 0. The Labute approximate surface area is 236 Å². The molecule has 2 aromatic heterocycles. The summed E-state index contributed by atoms with van der Waals surface area (Å²) in [6.07, 6.45) is -3.71. The fourth-order valence-electron chi connectivity index (χ4n) is 3.94. The average molecular weight is 605 g/mol. The minimum absolute atomic E-state index is 0.0922. The number of nitrogens with zero attached hydrogens (tertiary/aromatic N) is 4. The lowest BCUT2D eigenvalue weighted by molar-refractivity contribution is -0.150. The molecule has 17 nitrogen and oxygen atoms in total. The molecule has 5 N–H and O–H groups in total. The molecule has 41 heavy (non-hydrogen) atoms. The Balaban J connectivity index is 1.81. The van der Waals surface area contributed by atoms with Gasteiger partial charge in [-0.1, -0.05) is 0 Å². The Morgan fingerprint density at radius 3 is 2.46 bits per heavy atom. The molecule has 0 radical (unpaired) electrons. The molecule has 0 saturated carbocycles. The van der Waals surface area contributed by atoms with E-state index in [9.17, 15) is 24.4 Å². The van der Waals surface area contributed by atoms with Gasteiger partial charge < -0.3 is 34.9 Å². The third-order valence-corrected chi connectivity index (χ3v) is 7.45. The van der Waals surface area contributed by atoms with Gasteiger partial charge in [0, 0.05) is 0 Å². The molecule has 1 saturated heterocycles. The van der Waals surface area contributed by atoms with Crippen LogP contribution < -0.4 is 15.6 Å². The van der Waals surface area contributed by atoms with Gasteiger partial charge in [0.05, 0.1) is 32.3 Å². The highest BCUT2D eigenvalue weighted by molar-refractivity contribution is 7.51. The number of hydrogen-bond donors (Lipinski definition) is 4. The number of esters is 2. The molecule has 0 aliphatic carbocycles. The summed E-state index contributed by atoms with van der Waals surface area (Å²) in [4.78, 5) is 36.7. The lowest BCUT2D eigenvalue weighted by atomic mass is 9.96. The molecule has 2 aromatic rings. The molecule has 0 bridgehead atoms. The van der Waals surface area contributed by atoms with Crippen LogP contribution in [0.5, 0.6) is 5.88 Å². The Morgan fingerprint density at radius 1 is 1.20 bits per heavy atom. The quantitative estimate of drug-likeness (QED) is 0.180. The topological polar surface area (TPSA) is 229 Å². The van der Waals surface area contributed by atoms with E-state index < -0.39 is 75.2 Å². The van der Waals surface area contributed by atoms with Crippen LogP contribution in [0, 0.1) is 0 Å². The fraction of sp³-hybridized carbons (Fsp3) is 0.696. The van der Waals surface area contributed by atoms with Crippen LogP contribution in [0.1, 0.15) is 47.8 Å². The average Bonchev–Trinajstić information content (AvgIpc) is 3.38. The van der Waals surface area contributed by atoms with Crippen LogP contribution in [0.15, 0.2) is 6.33 Å². The van der Waals surface area contributed by atoms with Crippen LogP contribution in [0.2, 0.25) is 0 Å². The minimum Gasteiger partial charge on any atom is -0.479 e. The van der Waals surface area contributed by atoms with Crippen molar-refractivity contribution in [1.29, 1.82) is 0 Å². The number of rotatable bonds is 13. The molecule has 1 aliphatic heterocycles. The number of aromatic nitrogens is 4. The van der Waals surface area contributed by atoms with E-state index >= 15 is 0 Å². The van der Waals surface area contributed by atoms with Gasteiger partial charge in [0.15, 0.2) is 24.0 Å². The van der Waals surface area contributed by atoms with Gasteiger partial charge in [-0.05, 0) is 41.5 Å². The Bertz CT molecular complexity index is 1290. The SMILES string of the molecule is COc1nc(N)nc2c1ncn2[C@@H]1O[C@H](COP(=O)(N[C@@H](C)C(=O)OC(C)C)OCC(=O)OC(C)C)[C@@H](O)[C@@]1(C)O. The van der Waals surface area contributed by atoms with Gasteiger partial charge in [-0.15, -0.1) is 0 Å². The molecule has 6 atom stereocenters. The number of aliphatic hydroxyl groups is 2. The number of carbonyl (C=O) groups excluding carboxylic acids is 2. The Kier molecular flexibility index (Phi) is 10.3. The van der Waals surface area contributed by atoms with Crippen molar-refractivity contribution in [2.45, 2.75) is 83.8 Å². The summed E-state index contributed by atoms with van der Waals surface area (Å²) in [6, 6.07) is -1.17. The summed E-state index contributed by atoms with van der Waals surface area (Å²) in [5.41, 5.74) is 4.23. The standard InChI is InChI=1S/C23H37N6O11P/c1-11(2)38-15(30)9-37-41(34,28-13(5)20(32)39-12(3)4)36-8-14-17(31)23(6,33)21(40-14)29-10-25-16-18(29)26-22(24)27-19(16)35-7/h10-14,17,21,31,33H,8-9H2,1-7H3,(H,28,34)(H2,24,26,27)/t13-,14+,17+,21+,23+,41?/m0/s1. The summed E-state index contributed by atoms with van der Waals surface area (Å²) < 4.78 is 46.8. The fourth-order valence-corrected chi connectivity index (χ4v) is 5.36. The summed E-state index contributed by atoms with van der Waals surface area (Å²) in [5, 5.41) is 24.5. The number of nitrogen functional groups attached to an aromatic ring is 1. The van der Waals surface area contributed by atoms with Crippen molar-refractivity contribution in [2.75, 3.05) is 26.1 Å². The molecular weight excluding hydrogens is 567 g/mol. The third-order valence-electron chi connectivity index (χ3n) is 5.79. The molecule has 230 valence electrons. The number of fused-ring (bicyclic) bond motifs is 1. The highest BCUT2D eigenvalue weighted by Crippen LogP contribution is 2.47. The number of nitrogens with two attached hydrogens (primary N) is 1. The molecule has 1 unspecified atom stereocenters. The van der Waals surface area contributed by atoms with Gasteiger partial charge in [-0.3, -0.25) is 18.4 Å². The lowest BCUT2D eigenvalue weighted by Crippen LogP contribution is -2.44. The highest BCUT2D eigenvalue weighted by Gasteiger charge is 2.54. The number of ether oxygens (including phenoxy) is 4. The van der Waals surface area contributed by atoms with Crippen molar-refractivity contribution in [3.05, 3.63) is 6.33 Å². The minimum atomic E-state index is -4.42. The van der Waals surface area contributed by atoms with Crippen molar-refractivity contribution < 1.29 is 52.4 Å². The molecule has 0 amide bonds. The normalized spacial score (nSPS) is 24.9. The number of aliphatic hydroxyl groups excluding tert-OH is 1. The van der Waals surface area contributed by atoms with Gasteiger partial charge in [-0.2, -0.15) is 9.97 Å². The van der Waals surface area contributed by atoms with Crippen molar-refractivity contribution >= 4 is 36.8 Å². The predicted octanol–water partition coefficient (Wildman–Crippen LogP) is 0.449. The number of imidazole rings is 1. The van der Waals surface area contributed by atoms with Crippen molar-refractivity contribution in [2.24, 2.45) is 0 Å². The van der Waals surface area contributed by atoms with Gasteiger partial charge in [0.25, 0.3) is 0 Å². The van der Waals surface area contributed by atoms with Crippen LogP contribution in [-0.4, -0.2) is 98.1 Å². The van der Waals surface area contributed by atoms with Crippen molar-refractivity contribution in [3.63, 3.8) is 0 Å². The van der Waals surface area contributed by atoms with Crippen LogP contribution in [0.25, 0.3) is 11.2 Å². The van der Waals surface area contributed by atoms with Gasteiger partial charge >= 0.3 is 19.7 Å². The van der Waals surface area contributed by atoms with E-state index in [2.05, 4.69) is 20.0 Å². The maximum atomic E-state index is 13.6. The maximum Gasteiger partial charge on any atom is 0.406 e. The molecule has 1 fully saturated rings.